The highest BCUT2D eigenvalue weighted by Gasteiger charge is 2.11. The van der Waals surface area contributed by atoms with Crippen molar-refractivity contribution in [3.05, 3.63) is 28.3 Å². The van der Waals surface area contributed by atoms with Crippen LogP contribution in [0.25, 0.3) is 0 Å². The number of carbonyl (C=O) groups excluding carboxylic acids is 1. The summed E-state index contributed by atoms with van der Waals surface area (Å²) < 4.78 is 0. The molecule has 0 atom stereocenters. The molecule has 0 aliphatic carbocycles. The third kappa shape index (κ3) is 2.70. The third-order valence-corrected chi connectivity index (χ3v) is 2.17. The van der Waals surface area contributed by atoms with E-state index in [1.807, 2.05) is 6.92 Å². The summed E-state index contributed by atoms with van der Waals surface area (Å²) >= 11 is 5.98. The van der Waals surface area contributed by atoms with Crippen molar-refractivity contribution < 1.29 is 4.79 Å². The molecule has 0 fully saturated rings. The number of rotatable bonds is 2. The van der Waals surface area contributed by atoms with Crippen LogP contribution in [-0.4, -0.2) is 11.7 Å². The third-order valence-electron chi connectivity index (χ3n) is 1.87. The van der Waals surface area contributed by atoms with Gasteiger partial charge in [0.25, 0.3) is 0 Å². The largest absolute Gasteiger partial charge is 0.351 e. The minimum atomic E-state index is -0.667. The molecule has 1 aromatic rings. The Morgan fingerprint density at radius 2 is 2.13 bits per heavy atom. The summed E-state index contributed by atoms with van der Waals surface area (Å²) in [6.07, 6.45) is 0. The molecule has 4 N–H and O–H groups in total. The Kier molecular flexibility index (Phi) is 3.31. The molecule has 80 valence electrons. The molecule has 1 rings (SSSR count). The van der Waals surface area contributed by atoms with Crippen molar-refractivity contribution >= 4 is 29.0 Å². The van der Waals surface area contributed by atoms with Crippen LogP contribution in [0.5, 0.6) is 0 Å². The van der Waals surface area contributed by atoms with E-state index in [-0.39, 0.29) is 5.71 Å². The highest BCUT2D eigenvalue weighted by Crippen LogP contribution is 2.26. The van der Waals surface area contributed by atoms with Gasteiger partial charge in [-0.1, -0.05) is 11.6 Å². The standard InChI is InChI=1S/C10H12ClN3O/c1-5-3-7(11)9(6(2)12)8(4-5)14-10(13)15/h3-4,12H,1-2H3,(H3,13,14,15). The first-order valence-electron chi connectivity index (χ1n) is 4.34. The van der Waals surface area contributed by atoms with Gasteiger partial charge < -0.3 is 16.5 Å². The summed E-state index contributed by atoms with van der Waals surface area (Å²) in [7, 11) is 0. The number of urea groups is 1. The van der Waals surface area contributed by atoms with E-state index >= 15 is 0 Å². The van der Waals surface area contributed by atoms with Crippen molar-refractivity contribution in [2.24, 2.45) is 5.73 Å². The zero-order valence-electron chi connectivity index (χ0n) is 8.52. The van der Waals surface area contributed by atoms with Gasteiger partial charge in [-0.05, 0) is 31.5 Å². The molecule has 1 aromatic carbocycles. The molecular formula is C10H12ClN3O. The van der Waals surface area contributed by atoms with Crippen LogP contribution in [0.1, 0.15) is 18.1 Å². The molecule has 0 aliphatic rings. The number of primary amides is 1. The van der Waals surface area contributed by atoms with Crippen molar-refractivity contribution in [1.82, 2.24) is 0 Å². The number of hydrogen-bond donors (Lipinski definition) is 3. The van der Waals surface area contributed by atoms with Crippen LogP contribution >= 0.6 is 11.6 Å². The molecule has 2 amide bonds. The van der Waals surface area contributed by atoms with Gasteiger partial charge in [0.2, 0.25) is 0 Å². The van der Waals surface area contributed by atoms with E-state index in [1.165, 1.54) is 0 Å². The van der Waals surface area contributed by atoms with E-state index in [1.54, 1.807) is 19.1 Å². The highest BCUT2D eigenvalue weighted by atomic mass is 35.5. The minimum absolute atomic E-state index is 0.281. The summed E-state index contributed by atoms with van der Waals surface area (Å²) in [6, 6.07) is 2.80. The van der Waals surface area contributed by atoms with E-state index < -0.39 is 6.03 Å². The van der Waals surface area contributed by atoms with Crippen LogP contribution in [0.15, 0.2) is 12.1 Å². The summed E-state index contributed by atoms with van der Waals surface area (Å²) in [6.45, 7) is 3.45. The van der Waals surface area contributed by atoms with Crippen molar-refractivity contribution in [1.29, 1.82) is 5.41 Å². The fraction of sp³-hybridized carbons (Fsp3) is 0.200. The van der Waals surface area contributed by atoms with Crippen LogP contribution in [0, 0.1) is 12.3 Å². The lowest BCUT2D eigenvalue weighted by Gasteiger charge is -2.11. The number of aryl methyl sites for hydroxylation is 1. The number of anilines is 1. The summed E-state index contributed by atoms with van der Waals surface area (Å²) in [4.78, 5) is 10.8. The minimum Gasteiger partial charge on any atom is -0.351 e. The molecule has 0 saturated heterocycles. The smallest absolute Gasteiger partial charge is 0.316 e. The van der Waals surface area contributed by atoms with Gasteiger partial charge in [0, 0.05) is 11.3 Å². The van der Waals surface area contributed by atoms with E-state index in [0.717, 1.165) is 5.56 Å². The van der Waals surface area contributed by atoms with Gasteiger partial charge >= 0.3 is 6.03 Å². The zero-order chi connectivity index (χ0) is 11.6. The van der Waals surface area contributed by atoms with Gasteiger partial charge in [-0.25, -0.2) is 4.79 Å². The summed E-state index contributed by atoms with van der Waals surface area (Å²) in [5.74, 6) is 0. The van der Waals surface area contributed by atoms with Gasteiger partial charge in [-0.3, -0.25) is 0 Å². The number of carbonyl (C=O) groups is 1. The monoisotopic (exact) mass is 225 g/mol. The van der Waals surface area contributed by atoms with Crippen LogP contribution in [0.2, 0.25) is 5.02 Å². The number of nitrogens with two attached hydrogens (primary N) is 1. The Morgan fingerprint density at radius 3 is 2.60 bits per heavy atom. The summed E-state index contributed by atoms with van der Waals surface area (Å²) in [5, 5.41) is 10.4. The van der Waals surface area contributed by atoms with Crippen molar-refractivity contribution in [2.75, 3.05) is 5.32 Å². The zero-order valence-corrected chi connectivity index (χ0v) is 9.27. The number of benzene rings is 1. The average molecular weight is 226 g/mol. The van der Waals surface area contributed by atoms with E-state index in [0.29, 0.717) is 16.3 Å². The van der Waals surface area contributed by atoms with Gasteiger partial charge in [0.05, 0.1) is 10.7 Å². The van der Waals surface area contributed by atoms with Crippen LogP contribution in [0.4, 0.5) is 10.5 Å². The molecule has 0 aliphatic heterocycles. The normalized spacial score (nSPS) is 9.80. The molecule has 0 aromatic heterocycles. The summed E-state index contributed by atoms with van der Waals surface area (Å²) in [5.41, 5.74) is 7.18. The Labute approximate surface area is 92.9 Å². The number of halogens is 1. The predicted octanol–water partition coefficient (Wildman–Crippen LogP) is 2.53. The SMILES string of the molecule is CC(=N)c1c(Cl)cc(C)cc1NC(N)=O. The number of hydrogen-bond acceptors (Lipinski definition) is 2. The fourth-order valence-corrected chi connectivity index (χ4v) is 1.77. The first kappa shape index (κ1) is 11.5. The predicted molar refractivity (Wildman–Crippen MR) is 61.9 cm³/mol. The van der Waals surface area contributed by atoms with Crippen molar-refractivity contribution in [3.8, 4) is 0 Å². The highest BCUT2D eigenvalue weighted by molar-refractivity contribution is 6.35. The van der Waals surface area contributed by atoms with Crippen molar-refractivity contribution in [3.63, 3.8) is 0 Å². The first-order valence-corrected chi connectivity index (χ1v) is 4.71. The Hall–Kier alpha value is -1.55. The molecule has 0 saturated carbocycles. The average Bonchev–Trinajstić information content (AvgIpc) is 1.99. The quantitative estimate of drug-likeness (QED) is 0.665. The maximum atomic E-state index is 10.8. The second-order valence-corrected chi connectivity index (χ2v) is 3.69. The first-order chi connectivity index (χ1) is 6.91. The lowest BCUT2D eigenvalue weighted by Crippen LogP contribution is -2.21. The number of amides is 2. The maximum Gasteiger partial charge on any atom is 0.316 e. The van der Waals surface area contributed by atoms with Crippen LogP contribution < -0.4 is 11.1 Å². The maximum absolute atomic E-state index is 10.8. The van der Waals surface area contributed by atoms with Gasteiger partial charge in [-0.15, -0.1) is 0 Å². The Balaban J connectivity index is 3.33. The molecule has 0 radical (unpaired) electrons. The van der Waals surface area contributed by atoms with Crippen LogP contribution in [0.3, 0.4) is 0 Å². The molecule has 4 nitrogen and oxygen atoms in total. The lowest BCUT2D eigenvalue weighted by atomic mass is 10.1. The molecule has 0 unspecified atom stereocenters. The lowest BCUT2D eigenvalue weighted by molar-refractivity contribution is 0.259. The topological polar surface area (TPSA) is 79.0 Å². The van der Waals surface area contributed by atoms with E-state index in [9.17, 15) is 4.79 Å². The molecular weight excluding hydrogens is 214 g/mol. The molecule has 0 spiro atoms. The molecule has 5 heteroatoms. The second-order valence-electron chi connectivity index (χ2n) is 3.28. The Bertz CT molecular complexity index is 429. The number of nitrogens with one attached hydrogen (secondary N) is 2. The van der Waals surface area contributed by atoms with Crippen molar-refractivity contribution in [2.45, 2.75) is 13.8 Å². The van der Waals surface area contributed by atoms with Crippen LogP contribution in [-0.2, 0) is 0 Å². The molecule has 0 bridgehead atoms. The molecule has 15 heavy (non-hydrogen) atoms. The molecule has 0 heterocycles. The van der Waals surface area contributed by atoms with E-state index in [4.69, 9.17) is 22.7 Å². The van der Waals surface area contributed by atoms with Gasteiger partial charge in [0.15, 0.2) is 0 Å². The van der Waals surface area contributed by atoms with Gasteiger partial charge in [-0.2, -0.15) is 0 Å². The fourth-order valence-electron chi connectivity index (χ4n) is 1.35. The van der Waals surface area contributed by atoms with E-state index in [2.05, 4.69) is 5.32 Å². The second kappa shape index (κ2) is 4.31. The Morgan fingerprint density at radius 1 is 1.53 bits per heavy atom. The van der Waals surface area contributed by atoms with Gasteiger partial charge in [0.1, 0.15) is 0 Å².